The highest BCUT2D eigenvalue weighted by Crippen LogP contribution is 2.29. The lowest BCUT2D eigenvalue weighted by atomic mass is 10.1. The molecule has 0 atom stereocenters. The van der Waals surface area contributed by atoms with Gasteiger partial charge < -0.3 is 10.1 Å². The fourth-order valence-corrected chi connectivity index (χ4v) is 3.08. The van der Waals surface area contributed by atoms with Crippen LogP contribution in [0.1, 0.15) is 11.1 Å². The fraction of sp³-hybridized carbons (Fsp3) is 0.143. The Kier molecular flexibility index (Phi) is 4.27. The number of nitrogens with one attached hydrogen (secondary N) is 1. The Morgan fingerprint density at radius 1 is 1.08 bits per heavy atom. The van der Waals surface area contributed by atoms with Gasteiger partial charge in [-0.2, -0.15) is 0 Å². The van der Waals surface area contributed by atoms with Crippen LogP contribution in [0.3, 0.4) is 0 Å². The van der Waals surface area contributed by atoms with Crippen molar-refractivity contribution in [3.05, 3.63) is 78.1 Å². The fourth-order valence-electron chi connectivity index (χ4n) is 3.08. The SMILES string of the molecule is COc1ccccc1CNc1c(-c2cccc(C)c2)nc2ncccn12. The third kappa shape index (κ3) is 2.99. The molecule has 5 heteroatoms. The first-order valence-corrected chi connectivity index (χ1v) is 8.52. The van der Waals surface area contributed by atoms with E-state index in [9.17, 15) is 0 Å². The van der Waals surface area contributed by atoms with Crippen LogP contribution in [0.4, 0.5) is 5.82 Å². The first-order valence-electron chi connectivity index (χ1n) is 8.52. The van der Waals surface area contributed by atoms with E-state index in [0.29, 0.717) is 12.3 Å². The molecule has 1 N–H and O–H groups in total. The van der Waals surface area contributed by atoms with Crippen molar-refractivity contribution in [2.45, 2.75) is 13.5 Å². The van der Waals surface area contributed by atoms with Crippen LogP contribution in [0, 0.1) is 6.92 Å². The number of hydrogen-bond acceptors (Lipinski definition) is 4. The van der Waals surface area contributed by atoms with E-state index in [1.807, 2.05) is 40.9 Å². The Labute approximate surface area is 152 Å². The molecule has 0 spiro atoms. The first kappa shape index (κ1) is 16.1. The molecule has 0 fully saturated rings. The third-order valence-electron chi connectivity index (χ3n) is 4.33. The molecule has 130 valence electrons. The molecule has 0 saturated heterocycles. The number of nitrogens with zero attached hydrogens (tertiary/aromatic N) is 3. The zero-order valence-electron chi connectivity index (χ0n) is 14.8. The van der Waals surface area contributed by atoms with Crippen molar-refractivity contribution in [2.24, 2.45) is 0 Å². The summed E-state index contributed by atoms with van der Waals surface area (Å²) in [6, 6.07) is 18.2. The molecule has 0 aliphatic heterocycles. The molecule has 2 aromatic heterocycles. The average Bonchev–Trinajstić information content (AvgIpc) is 3.05. The maximum Gasteiger partial charge on any atom is 0.235 e. The number of anilines is 1. The largest absolute Gasteiger partial charge is 0.496 e. The van der Waals surface area contributed by atoms with E-state index in [4.69, 9.17) is 9.72 Å². The molecule has 4 rings (SSSR count). The molecule has 2 aromatic carbocycles. The molecule has 5 nitrogen and oxygen atoms in total. The van der Waals surface area contributed by atoms with Crippen LogP contribution in [-0.4, -0.2) is 21.5 Å². The second-order valence-corrected chi connectivity index (χ2v) is 6.13. The molecule has 26 heavy (non-hydrogen) atoms. The minimum absolute atomic E-state index is 0.630. The molecular formula is C21H20N4O. The number of fused-ring (bicyclic) bond motifs is 1. The first-order chi connectivity index (χ1) is 12.8. The van der Waals surface area contributed by atoms with Crippen molar-refractivity contribution in [1.29, 1.82) is 0 Å². The van der Waals surface area contributed by atoms with Crippen molar-refractivity contribution in [3.8, 4) is 17.0 Å². The summed E-state index contributed by atoms with van der Waals surface area (Å²) in [5.74, 6) is 2.46. The predicted octanol–water partition coefficient (Wildman–Crippen LogP) is 4.33. The standard InChI is InChI=1S/C21H20N4O/c1-15-7-5-9-16(13-15)19-20(25-12-6-11-22-21(25)24-19)23-14-17-8-3-4-10-18(17)26-2/h3-13,23H,14H2,1-2H3. The monoisotopic (exact) mass is 344 g/mol. The van der Waals surface area contributed by atoms with Crippen LogP contribution >= 0.6 is 0 Å². The van der Waals surface area contributed by atoms with Gasteiger partial charge in [-0.1, -0.05) is 42.0 Å². The topological polar surface area (TPSA) is 51.5 Å². The van der Waals surface area contributed by atoms with E-state index < -0.39 is 0 Å². The molecule has 4 aromatic rings. The lowest BCUT2D eigenvalue weighted by Crippen LogP contribution is -2.05. The van der Waals surface area contributed by atoms with Gasteiger partial charge in [0.1, 0.15) is 17.3 Å². The highest BCUT2D eigenvalue weighted by Gasteiger charge is 2.15. The van der Waals surface area contributed by atoms with E-state index in [2.05, 4.69) is 41.5 Å². The smallest absolute Gasteiger partial charge is 0.235 e. The van der Waals surface area contributed by atoms with Gasteiger partial charge in [0.2, 0.25) is 5.78 Å². The van der Waals surface area contributed by atoms with Gasteiger partial charge in [-0.25, -0.2) is 9.97 Å². The van der Waals surface area contributed by atoms with Gasteiger partial charge >= 0.3 is 0 Å². The number of benzene rings is 2. The quantitative estimate of drug-likeness (QED) is 0.586. The zero-order valence-corrected chi connectivity index (χ0v) is 14.8. The Morgan fingerprint density at radius 2 is 1.96 bits per heavy atom. The van der Waals surface area contributed by atoms with Gasteiger partial charge in [-0.3, -0.25) is 4.40 Å². The number of hydrogen-bond donors (Lipinski definition) is 1. The maximum atomic E-state index is 5.46. The van der Waals surface area contributed by atoms with Gasteiger partial charge in [0.25, 0.3) is 0 Å². The molecular weight excluding hydrogens is 324 g/mol. The van der Waals surface area contributed by atoms with E-state index in [-0.39, 0.29) is 0 Å². The number of rotatable bonds is 5. The van der Waals surface area contributed by atoms with Gasteiger partial charge in [-0.15, -0.1) is 0 Å². The molecule has 0 aliphatic rings. The average molecular weight is 344 g/mol. The Bertz CT molecular complexity index is 1050. The molecule has 0 radical (unpaired) electrons. The molecule has 2 heterocycles. The number of ether oxygens (including phenoxy) is 1. The maximum absolute atomic E-state index is 5.46. The Morgan fingerprint density at radius 3 is 2.81 bits per heavy atom. The summed E-state index contributed by atoms with van der Waals surface area (Å²) in [6.45, 7) is 2.71. The minimum Gasteiger partial charge on any atom is -0.496 e. The number of para-hydroxylation sites is 1. The third-order valence-corrected chi connectivity index (χ3v) is 4.33. The Hall–Kier alpha value is -3.34. The van der Waals surface area contributed by atoms with Gasteiger partial charge in [0.15, 0.2) is 0 Å². The Balaban J connectivity index is 1.77. The molecule has 0 saturated carbocycles. The highest BCUT2D eigenvalue weighted by molar-refractivity contribution is 5.76. The zero-order chi connectivity index (χ0) is 17.9. The number of methoxy groups -OCH3 is 1. The minimum atomic E-state index is 0.630. The van der Waals surface area contributed by atoms with Crippen LogP contribution in [0.25, 0.3) is 17.0 Å². The van der Waals surface area contributed by atoms with Crippen LogP contribution in [0.15, 0.2) is 67.0 Å². The lowest BCUT2D eigenvalue weighted by Gasteiger charge is -2.12. The van der Waals surface area contributed by atoms with Crippen molar-refractivity contribution in [3.63, 3.8) is 0 Å². The number of aryl methyl sites for hydroxylation is 1. The summed E-state index contributed by atoms with van der Waals surface area (Å²) in [5, 5.41) is 3.53. The van der Waals surface area contributed by atoms with E-state index in [1.54, 1.807) is 13.3 Å². The summed E-state index contributed by atoms with van der Waals surface area (Å²) >= 11 is 0. The molecule has 0 aliphatic carbocycles. The van der Waals surface area contributed by atoms with E-state index >= 15 is 0 Å². The summed E-state index contributed by atoms with van der Waals surface area (Å²) in [6.07, 6.45) is 3.73. The van der Waals surface area contributed by atoms with Crippen molar-refractivity contribution in [2.75, 3.05) is 12.4 Å². The summed E-state index contributed by atoms with van der Waals surface area (Å²) in [7, 11) is 1.69. The van der Waals surface area contributed by atoms with Gasteiger partial charge in [0.05, 0.1) is 7.11 Å². The van der Waals surface area contributed by atoms with Gasteiger partial charge in [0, 0.05) is 30.1 Å². The van der Waals surface area contributed by atoms with E-state index in [0.717, 1.165) is 28.4 Å². The van der Waals surface area contributed by atoms with Crippen LogP contribution in [0.5, 0.6) is 5.75 Å². The number of imidazole rings is 1. The molecule has 0 unspecified atom stereocenters. The van der Waals surface area contributed by atoms with Gasteiger partial charge in [-0.05, 0) is 25.1 Å². The summed E-state index contributed by atoms with van der Waals surface area (Å²) < 4.78 is 7.44. The molecule has 0 bridgehead atoms. The van der Waals surface area contributed by atoms with Crippen LogP contribution < -0.4 is 10.1 Å². The summed E-state index contributed by atoms with van der Waals surface area (Å²) in [5.41, 5.74) is 4.24. The van der Waals surface area contributed by atoms with Crippen molar-refractivity contribution < 1.29 is 4.74 Å². The predicted molar refractivity (Wildman–Crippen MR) is 103 cm³/mol. The highest BCUT2D eigenvalue weighted by atomic mass is 16.5. The number of aromatic nitrogens is 3. The van der Waals surface area contributed by atoms with Crippen LogP contribution in [-0.2, 0) is 6.54 Å². The normalized spacial score (nSPS) is 10.8. The lowest BCUT2D eigenvalue weighted by molar-refractivity contribution is 0.410. The van der Waals surface area contributed by atoms with Crippen molar-refractivity contribution in [1.82, 2.24) is 14.4 Å². The van der Waals surface area contributed by atoms with Crippen molar-refractivity contribution >= 4 is 11.6 Å². The van der Waals surface area contributed by atoms with Crippen LogP contribution in [0.2, 0.25) is 0 Å². The second kappa shape index (κ2) is 6.88. The van der Waals surface area contributed by atoms with E-state index in [1.165, 1.54) is 5.56 Å². The summed E-state index contributed by atoms with van der Waals surface area (Å²) in [4.78, 5) is 9.12. The second-order valence-electron chi connectivity index (χ2n) is 6.13. The molecule has 0 amide bonds.